The van der Waals surface area contributed by atoms with Gasteiger partial charge in [0.05, 0.1) is 5.92 Å². The van der Waals surface area contributed by atoms with Gasteiger partial charge in [-0.1, -0.05) is 43.7 Å². The van der Waals surface area contributed by atoms with E-state index in [2.05, 4.69) is 41.8 Å². The first-order valence-electron chi connectivity index (χ1n) is 7.84. The largest absolute Gasteiger partial charge is 0.353 e. The zero-order chi connectivity index (χ0) is 14.2. The van der Waals surface area contributed by atoms with E-state index in [1.165, 1.54) is 5.56 Å². The quantitative estimate of drug-likeness (QED) is 0.848. The summed E-state index contributed by atoms with van der Waals surface area (Å²) in [4.78, 5) is 12.3. The lowest BCUT2D eigenvalue weighted by atomic mass is 9.96. The fourth-order valence-corrected chi connectivity index (χ4v) is 2.87. The predicted octanol–water partition coefficient (Wildman–Crippen LogP) is 2.94. The fraction of sp³-hybridized carbons (Fsp3) is 0.588. The van der Waals surface area contributed by atoms with E-state index in [1.54, 1.807) is 0 Å². The van der Waals surface area contributed by atoms with Gasteiger partial charge >= 0.3 is 0 Å². The van der Waals surface area contributed by atoms with E-state index in [0.717, 1.165) is 45.2 Å². The van der Waals surface area contributed by atoms with Crippen LogP contribution in [-0.2, 0) is 11.2 Å². The van der Waals surface area contributed by atoms with Gasteiger partial charge in [0.2, 0.25) is 5.91 Å². The molecule has 118 valence electrons. The molecule has 2 N–H and O–H groups in total. The number of carbonyl (C=O) groups is 1. The van der Waals surface area contributed by atoms with Crippen LogP contribution in [0.4, 0.5) is 0 Å². The molecule has 3 nitrogen and oxygen atoms in total. The standard InChI is InChI=1S/C17H26N2O.ClH/c1-2-7-16(12-14-8-4-3-5-9-14)19-17(20)15-10-6-11-18-13-15;/h3-5,8-9,15-16,18H,2,6-7,10-13H2,1H3,(H,19,20);1H. The number of amides is 1. The second-order valence-corrected chi connectivity index (χ2v) is 5.73. The Bertz CT molecular complexity index is 405. The van der Waals surface area contributed by atoms with Gasteiger partial charge in [-0.3, -0.25) is 4.79 Å². The molecule has 0 bridgehead atoms. The van der Waals surface area contributed by atoms with Crippen molar-refractivity contribution in [1.82, 2.24) is 10.6 Å². The summed E-state index contributed by atoms with van der Waals surface area (Å²) in [5.74, 6) is 0.380. The van der Waals surface area contributed by atoms with Crippen molar-refractivity contribution in [3.8, 4) is 0 Å². The fourth-order valence-electron chi connectivity index (χ4n) is 2.87. The molecular weight excluding hydrogens is 284 g/mol. The van der Waals surface area contributed by atoms with Crippen LogP contribution in [0.15, 0.2) is 30.3 Å². The van der Waals surface area contributed by atoms with Crippen LogP contribution >= 0.6 is 12.4 Å². The number of piperidine rings is 1. The van der Waals surface area contributed by atoms with Gasteiger partial charge in [0.15, 0.2) is 0 Å². The first kappa shape index (κ1) is 18.0. The maximum Gasteiger partial charge on any atom is 0.224 e. The number of benzene rings is 1. The Hall–Kier alpha value is -1.06. The molecule has 1 fully saturated rings. The number of rotatable bonds is 6. The second kappa shape index (κ2) is 9.80. The molecule has 2 rings (SSSR count). The minimum absolute atomic E-state index is 0. The molecule has 1 aromatic carbocycles. The summed E-state index contributed by atoms with van der Waals surface area (Å²) in [6.07, 6.45) is 5.19. The van der Waals surface area contributed by atoms with Gasteiger partial charge in [0.25, 0.3) is 0 Å². The van der Waals surface area contributed by atoms with E-state index in [1.807, 2.05) is 6.07 Å². The lowest BCUT2D eigenvalue weighted by Crippen LogP contribution is -2.45. The summed E-state index contributed by atoms with van der Waals surface area (Å²) in [5, 5.41) is 6.57. The van der Waals surface area contributed by atoms with Crippen molar-refractivity contribution in [3.05, 3.63) is 35.9 Å². The van der Waals surface area contributed by atoms with Crippen LogP contribution in [0.25, 0.3) is 0 Å². The molecule has 1 aliphatic heterocycles. The van der Waals surface area contributed by atoms with Crippen molar-refractivity contribution in [3.63, 3.8) is 0 Å². The van der Waals surface area contributed by atoms with Gasteiger partial charge in [-0.25, -0.2) is 0 Å². The van der Waals surface area contributed by atoms with Gasteiger partial charge < -0.3 is 10.6 Å². The Balaban J connectivity index is 0.00000220. The summed E-state index contributed by atoms with van der Waals surface area (Å²) >= 11 is 0. The van der Waals surface area contributed by atoms with Crippen LogP contribution in [0.2, 0.25) is 0 Å². The van der Waals surface area contributed by atoms with Gasteiger partial charge in [0.1, 0.15) is 0 Å². The topological polar surface area (TPSA) is 41.1 Å². The first-order chi connectivity index (χ1) is 9.79. The van der Waals surface area contributed by atoms with Crippen LogP contribution in [0.3, 0.4) is 0 Å². The molecule has 0 saturated carbocycles. The van der Waals surface area contributed by atoms with Crippen molar-refractivity contribution in [2.75, 3.05) is 13.1 Å². The Kier molecular flexibility index (Phi) is 8.40. The molecule has 1 aromatic rings. The van der Waals surface area contributed by atoms with E-state index >= 15 is 0 Å². The third kappa shape index (κ3) is 6.06. The van der Waals surface area contributed by atoms with Crippen molar-refractivity contribution >= 4 is 18.3 Å². The highest BCUT2D eigenvalue weighted by molar-refractivity contribution is 5.85. The minimum Gasteiger partial charge on any atom is -0.353 e. The summed E-state index contributed by atoms with van der Waals surface area (Å²) < 4.78 is 0. The van der Waals surface area contributed by atoms with E-state index in [-0.39, 0.29) is 30.3 Å². The smallest absolute Gasteiger partial charge is 0.224 e. The van der Waals surface area contributed by atoms with Crippen LogP contribution in [0, 0.1) is 5.92 Å². The lowest BCUT2D eigenvalue weighted by molar-refractivity contribution is -0.126. The van der Waals surface area contributed by atoms with E-state index < -0.39 is 0 Å². The molecule has 21 heavy (non-hydrogen) atoms. The highest BCUT2D eigenvalue weighted by Crippen LogP contribution is 2.12. The molecule has 2 atom stereocenters. The summed E-state index contributed by atoms with van der Waals surface area (Å²) in [7, 11) is 0. The van der Waals surface area contributed by atoms with Gasteiger partial charge in [0, 0.05) is 12.6 Å². The first-order valence-corrected chi connectivity index (χ1v) is 7.84. The highest BCUT2D eigenvalue weighted by Gasteiger charge is 2.23. The van der Waals surface area contributed by atoms with Crippen LogP contribution < -0.4 is 10.6 Å². The summed E-state index contributed by atoms with van der Waals surface area (Å²) in [5.41, 5.74) is 1.30. The zero-order valence-electron chi connectivity index (χ0n) is 12.8. The SMILES string of the molecule is CCCC(Cc1ccccc1)NC(=O)C1CCCNC1.Cl. The third-order valence-electron chi connectivity index (χ3n) is 3.98. The van der Waals surface area contributed by atoms with Crippen molar-refractivity contribution < 1.29 is 4.79 Å². The Morgan fingerprint density at radius 1 is 1.38 bits per heavy atom. The van der Waals surface area contributed by atoms with Crippen molar-refractivity contribution in [2.24, 2.45) is 5.92 Å². The lowest BCUT2D eigenvalue weighted by Gasteiger charge is -2.25. The van der Waals surface area contributed by atoms with Gasteiger partial charge in [-0.2, -0.15) is 0 Å². The van der Waals surface area contributed by atoms with Crippen molar-refractivity contribution in [1.29, 1.82) is 0 Å². The van der Waals surface area contributed by atoms with Crippen LogP contribution in [0.5, 0.6) is 0 Å². The average molecular weight is 311 g/mol. The van der Waals surface area contributed by atoms with Crippen LogP contribution in [0.1, 0.15) is 38.2 Å². The number of hydrogen-bond donors (Lipinski definition) is 2. The molecule has 0 spiro atoms. The van der Waals surface area contributed by atoms with E-state index in [9.17, 15) is 4.79 Å². The normalized spacial score (nSPS) is 19.4. The second-order valence-electron chi connectivity index (χ2n) is 5.73. The van der Waals surface area contributed by atoms with E-state index in [4.69, 9.17) is 0 Å². The number of halogens is 1. The molecule has 1 heterocycles. The predicted molar refractivity (Wildman–Crippen MR) is 89.8 cm³/mol. The number of nitrogens with one attached hydrogen (secondary N) is 2. The highest BCUT2D eigenvalue weighted by atomic mass is 35.5. The average Bonchev–Trinajstić information content (AvgIpc) is 2.49. The maximum atomic E-state index is 12.3. The molecule has 1 aliphatic rings. The molecule has 2 unspecified atom stereocenters. The molecule has 0 radical (unpaired) electrons. The zero-order valence-corrected chi connectivity index (χ0v) is 13.6. The number of hydrogen-bond acceptors (Lipinski definition) is 2. The Morgan fingerprint density at radius 2 is 2.14 bits per heavy atom. The van der Waals surface area contributed by atoms with Crippen molar-refractivity contribution in [2.45, 2.75) is 45.1 Å². The van der Waals surface area contributed by atoms with E-state index in [0.29, 0.717) is 0 Å². The molecule has 0 aromatic heterocycles. The monoisotopic (exact) mass is 310 g/mol. The summed E-state index contributed by atoms with van der Waals surface area (Å²) in [6.45, 7) is 4.05. The minimum atomic E-state index is 0. The van der Waals surface area contributed by atoms with Gasteiger partial charge in [-0.05, 0) is 37.8 Å². The summed E-state index contributed by atoms with van der Waals surface area (Å²) in [6, 6.07) is 10.7. The molecule has 1 amide bonds. The third-order valence-corrected chi connectivity index (χ3v) is 3.98. The maximum absolute atomic E-state index is 12.3. The molecular formula is C17H27ClN2O. The molecule has 4 heteroatoms. The Morgan fingerprint density at radius 3 is 2.76 bits per heavy atom. The number of carbonyl (C=O) groups excluding carboxylic acids is 1. The Labute approximate surface area is 134 Å². The molecule has 0 aliphatic carbocycles. The van der Waals surface area contributed by atoms with Crippen LogP contribution in [-0.4, -0.2) is 25.0 Å². The molecule has 1 saturated heterocycles. The van der Waals surface area contributed by atoms with Gasteiger partial charge in [-0.15, -0.1) is 12.4 Å².